The zero-order valence-electron chi connectivity index (χ0n) is 17.6. The molecule has 9 nitrogen and oxygen atoms in total. The Bertz CT molecular complexity index is 1100. The second kappa shape index (κ2) is 9.24. The zero-order chi connectivity index (χ0) is 22.7. The second-order valence-corrected chi connectivity index (χ2v) is 10.1. The lowest BCUT2D eigenvalue weighted by atomic mass is 10.2. The van der Waals surface area contributed by atoms with Crippen LogP contribution < -0.4 is 5.32 Å². The molecular formula is C22H25N5O4S. The van der Waals surface area contributed by atoms with Gasteiger partial charge in [0.15, 0.2) is 0 Å². The molecule has 2 aromatic rings. The van der Waals surface area contributed by atoms with Crippen LogP contribution in [0.1, 0.15) is 24.8 Å². The zero-order valence-corrected chi connectivity index (χ0v) is 18.4. The van der Waals surface area contributed by atoms with Crippen LogP contribution in [-0.4, -0.2) is 60.8 Å². The summed E-state index contributed by atoms with van der Waals surface area (Å²) >= 11 is 0. The standard InChI is InChI=1S/C22H25N5O4S/c23-14-17-2-4-18(5-3-17)24-12-1-13-26-20-6-7-21(26)16-25(15-20)32(30,31)22-10-8-19(9-11-22)27(28)29/h2-5,8-11,20-21,24H,1,6-7,12-13,15-16H2. The number of hydrogen-bond donors (Lipinski definition) is 1. The molecule has 2 aliphatic heterocycles. The van der Waals surface area contributed by atoms with Crippen molar-refractivity contribution < 1.29 is 13.3 Å². The third-order valence-electron chi connectivity index (χ3n) is 6.22. The van der Waals surface area contributed by atoms with Crippen molar-refractivity contribution in [1.82, 2.24) is 9.21 Å². The fourth-order valence-corrected chi connectivity index (χ4v) is 6.07. The van der Waals surface area contributed by atoms with Crippen LogP contribution in [0.5, 0.6) is 0 Å². The van der Waals surface area contributed by atoms with Gasteiger partial charge in [0.05, 0.1) is 21.5 Å². The number of nitrogens with zero attached hydrogens (tertiary/aromatic N) is 4. The minimum atomic E-state index is -3.67. The van der Waals surface area contributed by atoms with E-state index in [0.717, 1.165) is 38.0 Å². The van der Waals surface area contributed by atoms with E-state index >= 15 is 0 Å². The van der Waals surface area contributed by atoms with Crippen molar-refractivity contribution in [3.63, 3.8) is 0 Å². The first-order valence-electron chi connectivity index (χ1n) is 10.6. The minimum absolute atomic E-state index is 0.0996. The van der Waals surface area contributed by atoms with Crippen LogP contribution in [0.3, 0.4) is 0 Å². The van der Waals surface area contributed by atoms with Crippen molar-refractivity contribution in [2.45, 2.75) is 36.2 Å². The number of nitriles is 1. The summed E-state index contributed by atoms with van der Waals surface area (Å²) in [6, 6.07) is 14.9. The van der Waals surface area contributed by atoms with Crippen molar-refractivity contribution in [3.8, 4) is 6.07 Å². The van der Waals surface area contributed by atoms with E-state index < -0.39 is 14.9 Å². The topological polar surface area (TPSA) is 120 Å². The SMILES string of the molecule is N#Cc1ccc(NCCCN2C3CCC2CN(S(=O)(=O)c2ccc([N+](=O)[O-])cc2)C3)cc1. The second-order valence-electron chi connectivity index (χ2n) is 8.17. The summed E-state index contributed by atoms with van der Waals surface area (Å²) < 4.78 is 27.7. The predicted octanol–water partition coefficient (Wildman–Crippen LogP) is 2.81. The third-order valence-corrected chi connectivity index (χ3v) is 8.07. The van der Waals surface area contributed by atoms with Crippen LogP contribution in [0.15, 0.2) is 53.4 Å². The quantitative estimate of drug-likeness (QED) is 0.369. The van der Waals surface area contributed by atoms with Crippen molar-refractivity contribution in [2.75, 3.05) is 31.5 Å². The summed E-state index contributed by atoms with van der Waals surface area (Å²) in [4.78, 5) is 12.8. The molecule has 32 heavy (non-hydrogen) atoms. The van der Waals surface area contributed by atoms with Crippen LogP contribution in [0.4, 0.5) is 11.4 Å². The molecule has 2 aromatic carbocycles. The van der Waals surface area contributed by atoms with Gasteiger partial charge in [-0.1, -0.05) is 0 Å². The molecule has 2 fully saturated rings. The number of fused-ring (bicyclic) bond motifs is 2. The molecular weight excluding hydrogens is 430 g/mol. The van der Waals surface area contributed by atoms with Crippen LogP contribution in [-0.2, 0) is 10.0 Å². The lowest BCUT2D eigenvalue weighted by Crippen LogP contribution is -2.55. The molecule has 0 aromatic heterocycles. The van der Waals surface area contributed by atoms with Gasteiger partial charge in [-0.3, -0.25) is 15.0 Å². The molecule has 10 heteroatoms. The van der Waals surface area contributed by atoms with Crippen molar-refractivity contribution in [3.05, 3.63) is 64.2 Å². The summed E-state index contributed by atoms with van der Waals surface area (Å²) in [5.74, 6) is 0. The highest BCUT2D eigenvalue weighted by atomic mass is 32.2. The Balaban J connectivity index is 1.31. The molecule has 0 amide bonds. The Hall–Kier alpha value is -3.00. The fraction of sp³-hybridized carbons (Fsp3) is 0.409. The number of anilines is 1. The van der Waals surface area contributed by atoms with E-state index in [4.69, 9.17) is 5.26 Å². The lowest BCUT2D eigenvalue weighted by molar-refractivity contribution is -0.384. The molecule has 1 N–H and O–H groups in total. The number of hydrogen-bond acceptors (Lipinski definition) is 7. The van der Waals surface area contributed by atoms with E-state index in [-0.39, 0.29) is 22.7 Å². The molecule has 168 valence electrons. The van der Waals surface area contributed by atoms with E-state index in [2.05, 4.69) is 16.3 Å². The molecule has 0 spiro atoms. The van der Waals surface area contributed by atoms with E-state index in [1.54, 1.807) is 12.1 Å². The van der Waals surface area contributed by atoms with E-state index in [9.17, 15) is 18.5 Å². The predicted molar refractivity (Wildman–Crippen MR) is 120 cm³/mol. The number of nitrogens with one attached hydrogen (secondary N) is 1. The highest BCUT2D eigenvalue weighted by molar-refractivity contribution is 7.89. The van der Waals surface area contributed by atoms with Crippen LogP contribution >= 0.6 is 0 Å². The first-order valence-corrected chi connectivity index (χ1v) is 12.1. The van der Waals surface area contributed by atoms with Gasteiger partial charge in [0.25, 0.3) is 5.69 Å². The van der Waals surface area contributed by atoms with E-state index in [1.165, 1.54) is 28.6 Å². The van der Waals surface area contributed by atoms with Gasteiger partial charge in [0.1, 0.15) is 0 Å². The summed E-state index contributed by atoms with van der Waals surface area (Å²) in [6.45, 7) is 2.58. The first-order chi connectivity index (χ1) is 15.4. The maximum absolute atomic E-state index is 13.1. The fourth-order valence-electron chi connectivity index (χ4n) is 4.56. The highest BCUT2D eigenvalue weighted by Gasteiger charge is 2.43. The van der Waals surface area contributed by atoms with Gasteiger partial charge < -0.3 is 5.32 Å². The minimum Gasteiger partial charge on any atom is -0.385 e. The molecule has 2 bridgehead atoms. The van der Waals surface area contributed by atoms with Crippen LogP contribution in [0.25, 0.3) is 0 Å². The number of sulfonamides is 1. The molecule has 2 atom stereocenters. The molecule has 0 aliphatic carbocycles. The maximum atomic E-state index is 13.1. The first kappa shape index (κ1) is 22.2. The monoisotopic (exact) mass is 455 g/mol. The summed E-state index contributed by atoms with van der Waals surface area (Å²) in [6.07, 6.45) is 2.88. The van der Waals surface area contributed by atoms with Crippen LogP contribution in [0, 0.1) is 21.4 Å². The normalized spacial score (nSPS) is 21.2. The lowest BCUT2D eigenvalue weighted by Gasteiger charge is -2.40. The van der Waals surface area contributed by atoms with Gasteiger partial charge in [-0.15, -0.1) is 0 Å². The van der Waals surface area contributed by atoms with Crippen molar-refractivity contribution >= 4 is 21.4 Å². The summed E-state index contributed by atoms with van der Waals surface area (Å²) in [7, 11) is -3.67. The Labute approximate surface area is 187 Å². The number of nitro groups is 1. The Morgan fingerprint density at radius 3 is 2.25 bits per heavy atom. The third kappa shape index (κ3) is 4.60. The molecule has 2 heterocycles. The largest absolute Gasteiger partial charge is 0.385 e. The van der Waals surface area contributed by atoms with Gasteiger partial charge in [-0.05, 0) is 55.7 Å². The Morgan fingerprint density at radius 1 is 1.06 bits per heavy atom. The molecule has 0 radical (unpaired) electrons. The smallest absolute Gasteiger partial charge is 0.269 e. The van der Waals surface area contributed by atoms with Crippen molar-refractivity contribution in [2.24, 2.45) is 0 Å². The van der Waals surface area contributed by atoms with Gasteiger partial charge in [0.2, 0.25) is 10.0 Å². The average molecular weight is 456 g/mol. The summed E-state index contributed by atoms with van der Waals surface area (Å²) in [5, 5.41) is 23.1. The van der Waals surface area contributed by atoms with Gasteiger partial charge >= 0.3 is 0 Å². The van der Waals surface area contributed by atoms with E-state index in [0.29, 0.717) is 18.7 Å². The number of nitro benzene ring substituents is 1. The Kier molecular flexibility index (Phi) is 6.41. The Morgan fingerprint density at radius 2 is 1.69 bits per heavy atom. The molecule has 0 saturated carbocycles. The molecule has 2 aliphatic rings. The number of piperazine rings is 1. The highest BCUT2D eigenvalue weighted by Crippen LogP contribution is 2.33. The molecule has 2 unspecified atom stereocenters. The average Bonchev–Trinajstić information content (AvgIpc) is 3.03. The number of non-ortho nitro benzene ring substituents is 1. The van der Waals surface area contributed by atoms with Crippen molar-refractivity contribution in [1.29, 1.82) is 5.26 Å². The molecule has 2 saturated heterocycles. The maximum Gasteiger partial charge on any atom is 0.269 e. The van der Waals surface area contributed by atoms with Gasteiger partial charge in [0, 0.05) is 56.1 Å². The van der Waals surface area contributed by atoms with Gasteiger partial charge in [-0.25, -0.2) is 8.42 Å². The van der Waals surface area contributed by atoms with Gasteiger partial charge in [-0.2, -0.15) is 9.57 Å². The number of benzene rings is 2. The van der Waals surface area contributed by atoms with E-state index in [1.807, 2.05) is 12.1 Å². The van der Waals surface area contributed by atoms with Crippen LogP contribution in [0.2, 0.25) is 0 Å². The number of rotatable bonds is 8. The summed E-state index contributed by atoms with van der Waals surface area (Å²) in [5.41, 5.74) is 1.49. The molecule has 4 rings (SSSR count).